The van der Waals surface area contributed by atoms with E-state index in [0.29, 0.717) is 11.4 Å². The Morgan fingerprint density at radius 2 is 1.74 bits per heavy atom. The Kier molecular flexibility index (Phi) is 4.41. The van der Waals surface area contributed by atoms with Crippen LogP contribution < -0.4 is 10.1 Å². The number of hydrogen-bond acceptors (Lipinski definition) is 3. The standard InChI is InChI=1S/C14H12BrNO3/c15-10-1-3-11(4-2-10)16-14(18)9-19-13-7-5-12(17)6-8-13/h1-8,17H,9H2,(H,16,18). The molecule has 0 saturated heterocycles. The molecule has 0 bridgehead atoms. The van der Waals surface area contributed by atoms with E-state index in [2.05, 4.69) is 21.2 Å². The number of nitrogens with one attached hydrogen (secondary N) is 1. The summed E-state index contributed by atoms with van der Waals surface area (Å²) < 4.78 is 6.24. The van der Waals surface area contributed by atoms with Gasteiger partial charge in [0.2, 0.25) is 0 Å². The molecule has 2 aromatic carbocycles. The molecule has 2 aromatic rings. The number of phenolic OH excluding ortho intramolecular Hbond substituents is 1. The zero-order valence-electron chi connectivity index (χ0n) is 9.97. The van der Waals surface area contributed by atoms with Crippen molar-refractivity contribution in [3.8, 4) is 11.5 Å². The van der Waals surface area contributed by atoms with E-state index >= 15 is 0 Å². The second kappa shape index (κ2) is 6.24. The molecule has 0 fully saturated rings. The van der Waals surface area contributed by atoms with Crippen molar-refractivity contribution in [3.05, 3.63) is 53.0 Å². The van der Waals surface area contributed by atoms with Crippen molar-refractivity contribution in [2.24, 2.45) is 0 Å². The number of carbonyl (C=O) groups is 1. The third-order valence-electron chi connectivity index (χ3n) is 2.33. The van der Waals surface area contributed by atoms with Gasteiger partial charge in [0.15, 0.2) is 6.61 Å². The van der Waals surface area contributed by atoms with Gasteiger partial charge in [-0.2, -0.15) is 0 Å². The van der Waals surface area contributed by atoms with Crippen LogP contribution in [0.4, 0.5) is 5.69 Å². The van der Waals surface area contributed by atoms with Gasteiger partial charge in [0, 0.05) is 10.2 Å². The van der Waals surface area contributed by atoms with E-state index in [1.165, 1.54) is 12.1 Å². The summed E-state index contributed by atoms with van der Waals surface area (Å²) in [4.78, 5) is 11.6. The van der Waals surface area contributed by atoms with Crippen LogP contribution >= 0.6 is 15.9 Å². The van der Waals surface area contributed by atoms with Crippen LogP contribution in [-0.4, -0.2) is 17.6 Å². The molecular formula is C14H12BrNO3. The summed E-state index contributed by atoms with van der Waals surface area (Å²) in [6.45, 7) is -0.0825. The topological polar surface area (TPSA) is 58.6 Å². The van der Waals surface area contributed by atoms with E-state index in [1.807, 2.05) is 12.1 Å². The van der Waals surface area contributed by atoms with E-state index in [9.17, 15) is 4.79 Å². The first-order valence-electron chi connectivity index (χ1n) is 5.61. The zero-order chi connectivity index (χ0) is 13.7. The first-order chi connectivity index (χ1) is 9.13. The normalized spacial score (nSPS) is 9.95. The summed E-state index contributed by atoms with van der Waals surface area (Å²) in [7, 11) is 0. The van der Waals surface area contributed by atoms with Crippen LogP contribution in [0.25, 0.3) is 0 Å². The van der Waals surface area contributed by atoms with Crippen LogP contribution in [0.5, 0.6) is 11.5 Å². The molecule has 2 rings (SSSR count). The number of amides is 1. The predicted molar refractivity (Wildman–Crippen MR) is 76.4 cm³/mol. The van der Waals surface area contributed by atoms with Crippen LogP contribution in [0, 0.1) is 0 Å². The molecule has 0 radical (unpaired) electrons. The summed E-state index contributed by atoms with van der Waals surface area (Å²) in [5.74, 6) is 0.450. The van der Waals surface area contributed by atoms with Gasteiger partial charge in [0.1, 0.15) is 11.5 Å². The molecule has 1 amide bonds. The van der Waals surface area contributed by atoms with Gasteiger partial charge < -0.3 is 15.2 Å². The monoisotopic (exact) mass is 321 g/mol. The van der Waals surface area contributed by atoms with E-state index in [-0.39, 0.29) is 18.3 Å². The highest BCUT2D eigenvalue weighted by atomic mass is 79.9. The van der Waals surface area contributed by atoms with Gasteiger partial charge in [-0.3, -0.25) is 4.79 Å². The Labute approximate surface area is 119 Å². The fourth-order valence-corrected chi connectivity index (χ4v) is 1.69. The summed E-state index contributed by atoms with van der Waals surface area (Å²) in [5, 5.41) is 11.8. The summed E-state index contributed by atoms with van der Waals surface area (Å²) in [6.07, 6.45) is 0. The van der Waals surface area contributed by atoms with Crippen LogP contribution in [0.2, 0.25) is 0 Å². The molecule has 0 aliphatic heterocycles. The molecular weight excluding hydrogens is 310 g/mol. The number of phenols is 1. The van der Waals surface area contributed by atoms with Crippen LogP contribution in [-0.2, 0) is 4.79 Å². The molecule has 2 N–H and O–H groups in total. The fourth-order valence-electron chi connectivity index (χ4n) is 1.42. The minimum absolute atomic E-state index is 0.0825. The quantitative estimate of drug-likeness (QED) is 0.909. The number of benzene rings is 2. The predicted octanol–water partition coefficient (Wildman–Crippen LogP) is 3.17. The highest BCUT2D eigenvalue weighted by Crippen LogP contribution is 2.16. The van der Waals surface area contributed by atoms with Gasteiger partial charge in [-0.25, -0.2) is 0 Å². The summed E-state index contributed by atoms with van der Waals surface area (Å²) in [5.41, 5.74) is 0.711. The third-order valence-corrected chi connectivity index (χ3v) is 2.86. The molecule has 0 atom stereocenters. The van der Waals surface area contributed by atoms with Gasteiger partial charge in [0.05, 0.1) is 0 Å². The molecule has 0 unspecified atom stereocenters. The second-order valence-electron chi connectivity index (χ2n) is 3.84. The van der Waals surface area contributed by atoms with Gasteiger partial charge in [-0.05, 0) is 48.5 Å². The maximum atomic E-state index is 11.6. The van der Waals surface area contributed by atoms with Crippen molar-refractivity contribution in [2.75, 3.05) is 11.9 Å². The smallest absolute Gasteiger partial charge is 0.262 e. The van der Waals surface area contributed by atoms with Crippen LogP contribution in [0.1, 0.15) is 0 Å². The van der Waals surface area contributed by atoms with Crippen molar-refractivity contribution < 1.29 is 14.6 Å². The molecule has 98 valence electrons. The minimum Gasteiger partial charge on any atom is -0.508 e. The molecule has 4 nitrogen and oxygen atoms in total. The van der Waals surface area contributed by atoms with E-state index in [0.717, 1.165) is 4.47 Å². The molecule has 19 heavy (non-hydrogen) atoms. The van der Waals surface area contributed by atoms with E-state index in [4.69, 9.17) is 9.84 Å². The van der Waals surface area contributed by atoms with Crippen molar-refractivity contribution in [3.63, 3.8) is 0 Å². The highest BCUT2D eigenvalue weighted by Gasteiger charge is 2.03. The Bertz CT molecular complexity index is 552. The van der Waals surface area contributed by atoms with Crippen molar-refractivity contribution in [2.45, 2.75) is 0 Å². The maximum Gasteiger partial charge on any atom is 0.262 e. The van der Waals surface area contributed by atoms with Gasteiger partial charge in [0.25, 0.3) is 5.91 Å². The lowest BCUT2D eigenvalue weighted by molar-refractivity contribution is -0.118. The Morgan fingerprint density at radius 1 is 1.11 bits per heavy atom. The number of rotatable bonds is 4. The number of ether oxygens (including phenoxy) is 1. The molecule has 0 saturated carbocycles. The molecule has 0 spiro atoms. The first-order valence-corrected chi connectivity index (χ1v) is 6.40. The third kappa shape index (κ3) is 4.30. The average molecular weight is 322 g/mol. The molecule has 0 heterocycles. The Balaban J connectivity index is 1.84. The van der Waals surface area contributed by atoms with Crippen LogP contribution in [0.3, 0.4) is 0 Å². The molecule has 0 aliphatic carbocycles. The lowest BCUT2D eigenvalue weighted by Gasteiger charge is -2.07. The average Bonchev–Trinajstić information content (AvgIpc) is 2.41. The number of hydrogen-bond donors (Lipinski definition) is 2. The van der Waals surface area contributed by atoms with Crippen molar-refractivity contribution >= 4 is 27.5 Å². The molecule has 0 aromatic heterocycles. The number of anilines is 1. The lowest BCUT2D eigenvalue weighted by atomic mass is 10.3. The van der Waals surface area contributed by atoms with Crippen molar-refractivity contribution in [1.82, 2.24) is 0 Å². The minimum atomic E-state index is -0.240. The number of halogens is 1. The van der Waals surface area contributed by atoms with Crippen molar-refractivity contribution in [1.29, 1.82) is 0 Å². The Morgan fingerprint density at radius 3 is 2.37 bits per heavy atom. The fraction of sp³-hybridized carbons (Fsp3) is 0.0714. The zero-order valence-corrected chi connectivity index (χ0v) is 11.6. The first kappa shape index (κ1) is 13.4. The van der Waals surface area contributed by atoms with Gasteiger partial charge >= 0.3 is 0 Å². The molecule has 5 heteroatoms. The number of carbonyl (C=O) groups excluding carboxylic acids is 1. The SMILES string of the molecule is O=C(COc1ccc(O)cc1)Nc1ccc(Br)cc1. The Hall–Kier alpha value is -2.01. The number of aromatic hydroxyl groups is 1. The maximum absolute atomic E-state index is 11.6. The van der Waals surface area contributed by atoms with Crippen LogP contribution in [0.15, 0.2) is 53.0 Å². The molecule has 0 aliphatic rings. The summed E-state index contributed by atoms with van der Waals surface area (Å²) in [6, 6.07) is 13.5. The largest absolute Gasteiger partial charge is 0.508 e. The summed E-state index contributed by atoms with van der Waals surface area (Å²) >= 11 is 3.32. The van der Waals surface area contributed by atoms with Gasteiger partial charge in [-0.15, -0.1) is 0 Å². The van der Waals surface area contributed by atoms with E-state index in [1.54, 1.807) is 24.3 Å². The lowest BCUT2D eigenvalue weighted by Crippen LogP contribution is -2.20. The highest BCUT2D eigenvalue weighted by molar-refractivity contribution is 9.10. The van der Waals surface area contributed by atoms with E-state index < -0.39 is 0 Å². The second-order valence-corrected chi connectivity index (χ2v) is 4.75. The van der Waals surface area contributed by atoms with Gasteiger partial charge in [-0.1, -0.05) is 15.9 Å².